The molecular weight excluding hydrogens is 182 g/mol. The topological polar surface area (TPSA) is 12.9 Å². The minimum Gasteiger partial charge on any atom is -0.261 e. The Morgan fingerprint density at radius 2 is 2.00 bits per heavy atom. The molecule has 0 N–H and O–H groups in total. The van der Waals surface area contributed by atoms with E-state index in [0.717, 1.165) is 0 Å². The number of pyridine rings is 1. The quantitative estimate of drug-likeness (QED) is 0.677. The lowest BCUT2D eigenvalue weighted by atomic mass is 9.86. The summed E-state index contributed by atoms with van der Waals surface area (Å²) < 4.78 is 0. The largest absolute Gasteiger partial charge is 0.261 e. The van der Waals surface area contributed by atoms with Crippen LogP contribution in [-0.2, 0) is 11.8 Å². The zero-order chi connectivity index (χ0) is 11.2. The Labute approximate surface area is 92.9 Å². The van der Waals surface area contributed by atoms with Crippen LogP contribution in [0.4, 0.5) is 0 Å². The summed E-state index contributed by atoms with van der Waals surface area (Å²) in [6, 6.07) is 0. The number of rotatable bonds is 1. The van der Waals surface area contributed by atoms with Gasteiger partial charge in [-0.1, -0.05) is 27.7 Å². The molecule has 15 heavy (non-hydrogen) atoms. The molecule has 0 saturated heterocycles. The van der Waals surface area contributed by atoms with Gasteiger partial charge in [-0.3, -0.25) is 4.98 Å². The number of aryl methyl sites for hydroxylation is 1. The van der Waals surface area contributed by atoms with Gasteiger partial charge in [0.2, 0.25) is 0 Å². The first-order valence-electron chi connectivity index (χ1n) is 5.92. The number of nitrogens with zero attached hydrogens (tertiary/aromatic N) is 1. The van der Waals surface area contributed by atoms with Crippen molar-refractivity contribution in [2.75, 3.05) is 0 Å². The molecule has 0 fully saturated rings. The Kier molecular flexibility index (Phi) is 2.37. The second-order valence-corrected chi connectivity index (χ2v) is 5.69. The molecule has 0 radical (unpaired) electrons. The number of fused-ring (bicyclic) bond motifs is 1. The average Bonchev–Trinajstić information content (AvgIpc) is 2.41. The Bertz CT molecular complexity index is 389. The zero-order valence-corrected chi connectivity index (χ0v) is 10.5. The van der Waals surface area contributed by atoms with Gasteiger partial charge in [-0.05, 0) is 47.8 Å². The fraction of sp³-hybridized carbons (Fsp3) is 0.643. The summed E-state index contributed by atoms with van der Waals surface area (Å²) in [6.07, 6.45) is 4.61. The van der Waals surface area contributed by atoms with E-state index >= 15 is 0 Å². The van der Waals surface area contributed by atoms with E-state index in [1.165, 1.54) is 29.7 Å². The monoisotopic (exact) mass is 203 g/mol. The lowest BCUT2D eigenvalue weighted by molar-refractivity contribution is 0.521. The summed E-state index contributed by atoms with van der Waals surface area (Å²) in [5.74, 6) is 0.598. The van der Waals surface area contributed by atoms with Gasteiger partial charge in [0.25, 0.3) is 0 Å². The van der Waals surface area contributed by atoms with Crippen molar-refractivity contribution in [3.8, 4) is 0 Å². The Balaban J connectivity index is 2.64. The lowest BCUT2D eigenvalue weighted by Crippen LogP contribution is -2.13. The molecule has 1 aromatic rings. The first-order valence-corrected chi connectivity index (χ1v) is 5.92. The molecule has 1 aliphatic carbocycles. The second-order valence-electron chi connectivity index (χ2n) is 5.69. The van der Waals surface area contributed by atoms with E-state index in [2.05, 4.69) is 45.8 Å². The third-order valence-electron chi connectivity index (χ3n) is 3.73. The van der Waals surface area contributed by atoms with Gasteiger partial charge in [0.1, 0.15) is 0 Å². The molecule has 1 aliphatic rings. The van der Waals surface area contributed by atoms with E-state index in [4.69, 9.17) is 0 Å². The minimum absolute atomic E-state index is 0.333. The van der Waals surface area contributed by atoms with Crippen LogP contribution in [0.3, 0.4) is 0 Å². The van der Waals surface area contributed by atoms with Crippen molar-refractivity contribution >= 4 is 0 Å². The molecule has 1 aromatic heterocycles. The maximum absolute atomic E-state index is 4.57. The van der Waals surface area contributed by atoms with Gasteiger partial charge in [0.15, 0.2) is 0 Å². The van der Waals surface area contributed by atoms with Crippen LogP contribution in [-0.4, -0.2) is 4.98 Å². The number of aromatic nitrogens is 1. The summed E-state index contributed by atoms with van der Waals surface area (Å²) >= 11 is 0. The summed E-state index contributed by atoms with van der Waals surface area (Å²) in [7, 11) is 0. The van der Waals surface area contributed by atoms with Gasteiger partial charge in [-0.25, -0.2) is 0 Å². The molecule has 0 aromatic carbocycles. The average molecular weight is 203 g/mol. The van der Waals surface area contributed by atoms with E-state index in [1.54, 1.807) is 5.56 Å². The Hall–Kier alpha value is -0.850. The van der Waals surface area contributed by atoms with Crippen LogP contribution in [0.25, 0.3) is 0 Å². The van der Waals surface area contributed by atoms with Crippen LogP contribution in [0.15, 0.2) is 6.20 Å². The highest BCUT2D eigenvalue weighted by molar-refractivity contribution is 5.45. The van der Waals surface area contributed by atoms with Crippen LogP contribution >= 0.6 is 0 Å². The van der Waals surface area contributed by atoms with Crippen molar-refractivity contribution in [3.63, 3.8) is 0 Å². The fourth-order valence-corrected chi connectivity index (χ4v) is 2.86. The van der Waals surface area contributed by atoms with Gasteiger partial charge in [0, 0.05) is 11.9 Å². The van der Waals surface area contributed by atoms with Crippen molar-refractivity contribution in [2.45, 2.75) is 58.8 Å². The van der Waals surface area contributed by atoms with Crippen LogP contribution in [0.2, 0.25) is 0 Å². The molecule has 0 aliphatic heterocycles. The summed E-state index contributed by atoms with van der Waals surface area (Å²) in [4.78, 5) is 4.57. The summed E-state index contributed by atoms with van der Waals surface area (Å²) in [5.41, 5.74) is 6.12. The Morgan fingerprint density at radius 1 is 1.33 bits per heavy atom. The highest BCUT2D eigenvalue weighted by atomic mass is 14.7. The van der Waals surface area contributed by atoms with E-state index in [1.807, 2.05) is 0 Å². The SMILES string of the molecule is Cc1ncc2c(c1C(C)C)CCC2(C)C. The maximum Gasteiger partial charge on any atom is 0.0410 e. The zero-order valence-electron chi connectivity index (χ0n) is 10.5. The van der Waals surface area contributed by atoms with Crippen LogP contribution in [0.5, 0.6) is 0 Å². The molecule has 0 amide bonds. The summed E-state index contributed by atoms with van der Waals surface area (Å²) in [5, 5.41) is 0. The molecule has 0 unspecified atom stereocenters. The first-order chi connectivity index (χ1) is 6.93. The smallest absolute Gasteiger partial charge is 0.0410 e. The third kappa shape index (κ3) is 1.58. The molecule has 2 rings (SSSR count). The molecular formula is C14H21N. The predicted molar refractivity (Wildman–Crippen MR) is 64.4 cm³/mol. The van der Waals surface area contributed by atoms with Gasteiger partial charge < -0.3 is 0 Å². The third-order valence-corrected chi connectivity index (χ3v) is 3.73. The van der Waals surface area contributed by atoms with Gasteiger partial charge in [-0.15, -0.1) is 0 Å². The van der Waals surface area contributed by atoms with Crippen molar-refractivity contribution in [1.29, 1.82) is 0 Å². The van der Waals surface area contributed by atoms with E-state index < -0.39 is 0 Å². The van der Waals surface area contributed by atoms with Crippen molar-refractivity contribution in [1.82, 2.24) is 4.98 Å². The van der Waals surface area contributed by atoms with E-state index in [0.29, 0.717) is 11.3 Å². The van der Waals surface area contributed by atoms with Crippen molar-refractivity contribution < 1.29 is 0 Å². The van der Waals surface area contributed by atoms with E-state index in [9.17, 15) is 0 Å². The molecule has 1 nitrogen and oxygen atoms in total. The van der Waals surface area contributed by atoms with Gasteiger partial charge in [0.05, 0.1) is 0 Å². The van der Waals surface area contributed by atoms with Crippen LogP contribution in [0, 0.1) is 6.92 Å². The first kappa shape index (κ1) is 10.7. The molecule has 0 atom stereocenters. The van der Waals surface area contributed by atoms with Crippen LogP contribution in [0.1, 0.15) is 62.4 Å². The summed E-state index contributed by atoms with van der Waals surface area (Å²) in [6.45, 7) is 11.4. The standard InChI is InChI=1S/C14H21N/c1-9(2)13-10(3)15-8-12-11(13)6-7-14(12,4)5/h8-9H,6-7H2,1-5H3. The maximum atomic E-state index is 4.57. The molecule has 0 saturated carbocycles. The van der Waals surface area contributed by atoms with Gasteiger partial charge >= 0.3 is 0 Å². The number of hydrogen-bond acceptors (Lipinski definition) is 1. The Morgan fingerprint density at radius 3 is 2.60 bits per heavy atom. The molecule has 0 spiro atoms. The van der Waals surface area contributed by atoms with Crippen LogP contribution < -0.4 is 0 Å². The number of hydrogen-bond donors (Lipinski definition) is 0. The van der Waals surface area contributed by atoms with E-state index in [-0.39, 0.29) is 0 Å². The lowest BCUT2D eigenvalue weighted by Gasteiger charge is -2.20. The van der Waals surface area contributed by atoms with Crippen molar-refractivity contribution in [3.05, 3.63) is 28.6 Å². The second kappa shape index (κ2) is 3.33. The highest BCUT2D eigenvalue weighted by Crippen LogP contribution is 2.41. The molecule has 82 valence electrons. The highest BCUT2D eigenvalue weighted by Gasteiger charge is 2.32. The van der Waals surface area contributed by atoms with Crippen molar-refractivity contribution in [2.24, 2.45) is 0 Å². The molecule has 0 bridgehead atoms. The minimum atomic E-state index is 0.333. The molecule has 1 heterocycles. The molecule has 1 heteroatoms. The normalized spacial score (nSPS) is 18.3. The fourth-order valence-electron chi connectivity index (χ4n) is 2.86. The predicted octanol–water partition coefficient (Wildman–Crippen LogP) is 3.74. The van der Waals surface area contributed by atoms with Gasteiger partial charge in [-0.2, -0.15) is 0 Å².